The van der Waals surface area contributed by atoms with E-state index in [1.807, 2.05) is 15.9 Å². The van der Waals surface area contributed by atoms with Gasteiger partial charge < -0.3 is 54.9 Å². The molecule has 22 nitrogen and oxygen atoms in total. The normalized spacial score (nSPS) is 15.8. The number of hydrogen-bond acceptors (Lipinski definition) is 14. The predicted octanol–water partition coefficient (Wildman–Crippen LogP) is 6.93. The Labute approximate surface area is 478 Å². The second kappa shape index (κ2) is 25.0. The number of methoxy groups -OCH3 is 1. The Morgan fingerprint density at radius 1 is 0.878 bits per heavy atom. The monoisotopic (exact) mass is 1150 g/mol. The number of nitrogens with one attached hydrogen (secondary N) is 4. The van der Waals surface area contributed by atoms with Crippen molar-refractivity contribution in [2.45, 2.75) is 89.6 Å². The molecule has 0 bridgehead atoms. The Bertz CT molecular complexity index is 3430. The zero-order valence-electron chi connectivity index (χ0n) is 46.9. The molecule has 5 amide bonds. The van der Waals surface area contributed by atoms with Crippen LogP contribution in [0.2, 0.25) is 5.02 Å². The molecular formula is C57H70ClF2N15O7. The number of urea groups is 1. The molecule has 4 aliphatic heterocycles. The standard InChI is InChI=1S/C57H70ClF2N15O7/c1-61-48(76)33-82-47-26-36-24-38(27-46(81-5)50(36)70(4)55(47)79)66-52-43(58)30-64-56(67-52)72-19-12-34(13-20-72)54(78)63-17-8-6-7-11-49(77)71-21-14-39(15-22-71)75-44-16-23-73(57(80)62-2)32-42(44)53(68-75)74-18-9-10-35-25-40(37-29-65-69(3)31-37)41(51(59)60)28-45(35)74/h24-31,34,39,51H,6-23,32-33H2,1-5H3,(H,61,76)(H,62,80)(H,63,78)(H,64,66,67). The lowest BCUT2D eigenvalue weighted by Crippen LogP contribution is -2.42. The molecule has 0 unspecified atom stereocenters. The van der Waals surface area contributed by atoms with Crippen LogP contribution in [0.3, 0.4) is 0 Å². The lowest BCUT2D eigenvalue weighted by molar-refractivity contribution is -0.132. The van der Waals surface area contributed by atoms with Gasteiger partial charge in [0.15, 0.2) is 24.0 Å². The molecular weight excluding hydrogens is 1080 g/mol. The topological polar surface area (TPSA) is 231 Å². The number of carbonyl (C=O) groups is 4. The van der Waals surface area contributed by atoms with E-state index in [-0.39, 0.29) is 58.7 Å². The lowest BCUT2D eigenvalue weighted by atomic mass is 9.92. The van der Waals surface area contributed by atoms with Gasteiger partial charge in [-0.15, -0.1) is 0 Å². The van der Waals surface area contributed by atoms with E-state index < -0.39 is 12.0 Å². The SMILES string of the molecule is CNC(=O)COc1cc2cc(Nc3nc(N4CCC(C(=O)NCCCCCC(=O)N5CCC(n6nc(N7CCCc8cc(-c9cnn(C)c9)c(C(F)F)cc87)c7c6CCN(C(=O)NC)C7)CC5)CC4)ncc3Cl)cc(OC)c2n(C)c1=O. The van der Waals surface area contributed by atoms with Gasteiger partial charge in [0.1, 0.15) is 10.8 Å². The van der Waals surface area contributed by atoms with Crippen molar-refractivity contribution >= 4 is 75.2 Å². The van der Waals surface area contributed by atoms with Gasteiger partial charge in [-0.25, -0.2) is 18.6 Å². The summed E-state index contributed by atoms with van der Waals surface area (Å²) in [6.45, 7) is 3.96. The molecule has 4 aromatic heterocycles. The first-order valence-electron chi connectivity index (χ1n) is 28.1. The number of alkyl halides is 2. The van der Waals surface area contributed by atoms with Crippen molar-refractivity contribution in [3.05, 3.63) is 86.7 Å². The van der Waals surface area contributed by atoms with Crippen LogP contribution in [0.5, 0.6) is 11.5 Å². The molecule has 0 spiro atoms. The fraction of sp³-hybridized carbons (Fsp3) is 0.491. The van der Waals surface area contributed by atoms with Gasteiger partial charge in [0.05, 0.1) is 37.6 Å². The van der Waals surface area contributed by atoms with Crippen LogP contribution in [0.15, 0.2) is 53.7 Å². The van der Waals surface area contributed by atoms with E-state index in [2.05, 4.69) is 40.9 Å². The molecule has 10 rings (SSSR count). The molecule has 6 aromatic rings. The second-order valence-corrected chi connectivity index (χ2v) is 21.8. The number of benzene rings is 2. The largest absolute Gasteiger partial charge is 0.494 e. The first-order valence-corrected chi connectivity index (χ1v) is 28.4. The summed E-state index contributed by atoms with van der Waals surface area (Å²) in [6, 6.07) is 8.42. The van der Waals surface area contributed by atoms with E-state index in [9.17, 15) is 32.8 Å². The summed E-state index contributed by atoms with van der Waals surface area (Å²) in [6.07, 6.45) is 9.66. The number of pyridine rings is 1. The van der Waals surface area contributed by atoms with Gasteiger partial charge in [-0.3, -0.25) is 28.5 Å². The zero-order valence-corrected chi connectivity index (χ0v) is 47.7. The first-order chi connectivity index (χ1) is 39.6. The number of likely N-dealkylation sites (N-methyl/N-ethyl adjacent to an activating group) is 1. The van der Waals surface area contributed by atoms with Crippen molar-refractivity contribution in [3.8, 4) is 22.6 Å². The van der Waals surface area contributed by atoms with E-state index in [1.165, 1.54) is 24.9 Å². The molecule has 8 heterocycles. The third kappa shape index (κ3) is 12.1. The fourth-order valence-electron chi connectivity index (χ4n) is 11.8. The molecule has 0 radical (unpaired) electrons. The maximum absolute atomic E-state index is 14.8. The van der Waals surface area contributed by atoms with Crippen LogP contribution in [0.4, 0.5) is 42.5 Å². The molecule has 2 saturated heterocycles. The Kier molecular flexibility index (Phi) is 17.4. The maximum Gasteiger partial charge on any atom is 0.317 e. The van der Waals surface area contributed by atoms with Crippen molar-refractivity contribution in [1.29, 1.82) is 0 Å². The molecule has 4 N–H and O–H groups in total. The number of aromatic nitrogens is 7. The van der Waals surface area contributed by atoms with Crippen molar-refractivity contribution in [3.63, 3.8) is 0 Å². The number of unbranched alkanes of at least 4 members (excludes halogenated alkanes) is 2. The number of rotatable bonds is 18. The first kappa shape index (κ1) is 57.2. The Morgan fingerprint density at radius 3 is 2.39 bits per heavy atom. The van der Waals surface area contributed by atoms with Crippen LogP contribution in [0.25, 0.3) is 22.0 Å². The van der Waals surface area contributed by atoms with Crippen LogP contribution in [-0.4, -0.2) is 141 Å². The number of likely N-dealkylation sites (tertiary alicyclic amines) is 1. The van der Waals surface area contributed by atoms with Crippen LogP contribution >= 0.6 is 11.6 Å². The van der Waals surface area contributed by atoms with Gasteiger partial charge in [0, 0.05) is 144 Å². The number of carbonyl (C=O) groups excluding carboxylic acids is 4. The smallest absolute Gasteiger partial charge is 0.317 e. The molecule has 25 heteroatoms. The minimum atomic E-state index is -2.70. The lowest BCUT2D eigenvalue weighted by Gasteiger charge is -2.34. The van der Waals surface area contributed by atoms with Crippen molar-refractivity contribution < 1.29 is 37.4 Å². The predicted molar refractivity (Wildman–Crippen MR) is 307 cm³/mol. The van der Waals surface area contributed by atoms with E-state index in [1.54, 1.807) is 67.4 Å². The van der Waals surface area contributed by atoms with Gasteiger partial charge in [0.25, 0.3) is 17.9 Å². The number of halogens is 3. The number of fused-ring (bicyclic) bond motifs is 3. The zero-order chi connectivity index (χ0) is 57.8. The number of piperidine rings is 2. The highest BCUT2D eigenvalue weighted by Crippen LogP contribution is 2.44. The second-order valence-electron chi connectivity index (χ2n) is 21.4. The number of amides is 5. The third-order valence-electron chi connectivity index (χ3n) is 16.2. The quantitative estimate of drug-likeness (QED) is 0.0640. The highest BCUT2D eigenvalue weighted by molar-refractivity contribution is 6.33. The molecule has 0 aliphatic carbocycles. The minimum absolute atomic E-state index is 0.00497. The molecule has 0 saturated carbocycles. The third-order valence-corrected chi connectivity index (χ3v) is 16.5. The van der Waals surface area contributed by atoms with Crippen LogP contribution in [0.1, 0.15) is 92.6 Å². The number of aryl methyl sites for hydroxylation is 3. The van der Waals surface area contributed by atoms with Gasteiger partial charge in [0.2, 0.25) is 17.8 Å². The molecule has 436 valence electrons. The summed E-state index contributed by atoms with van der Waals surface area (Å²) >= 11 is 6.60. The summed E-state index contributed by atoms with van der Waals surface area (Å²) in [5.74, 6) is 1.50. The molecule has 0 atom stereocenters. The van der Waals surface area contributed by atoms with E-state index in [0.717, 1.165) is 42.5 Å². The van der Waals surface area contributed by atoms with Gasteiger partial charge in [-0.1, -0.05) is 18.0 Å². The number of hydrogen-bond donors (Lipinski definition) is 4. The number of nitrogens with zero attached hydrogens (tertiary/aromatic N) is 11. The maximum atomic E-state index is 14.8. The van der Waals surface area contributed by atoms with E-state index in [4.69, 9.17) is 31.2 Å². The molecule has 4 aliphatic rings. The summed E-state index contributed by atoms with van der Waals surface area (Å²) in [4.78, 5) is 81.7. The highest BCUT2D eigenvalue weighted by Gasteiger charge is 2.36. The van der Waals surface area contributed by atoms with E-state index >= 15 is 0 Å². The van der Waals surface area contributed by atoms with Crippen molar-refractivity contribution in [1.82, 2.24) is 59.8 Å². The van der Waals surface area contributed by atoms with Gasteiger partial charge >= 0.3 is 6.03 Å². The van der Waals surface area contributed by atoms with E-state index in [0.29, 0.717) is 154 Å². The van der Waals surface area contributed by atoms with Gasteiger partial charge in [-0.2, -0.15) is 15.2 Å². The average Bonchev–Trinajstić information content (AvgIpc) is 2.49. The minimum Gasteiger partial charge on any atom is -0.494 e. The van der Waals surface area contributed by atoms with Crippen LogP contribution in [-0.2, 0) is 47.9 Å². The fourth-order valence-corrected chi connectivity index (χ4v) is 11.9. The number of ether oxygens (including phenoxy) is 2. The summed E-state index contributed by atoms with van der Waals surface area (Å²) < 4.78 is 45.9. The highest BCUT2D eigenvalue weighted by atomic mass is 35.5. The molecule has 2 aromatic carbocycles. The van der Waals surface area contributed by atoms with Crippen LogP contribution < -0.4 is 46.1 Å². The molecule has 2 fully saturated rings. The Morgan fingerprint density at radius 2 is 1.67 bits per heavy atom. The van der Waals surface area contributed by atoms with Crippen LogP contribution in [0, 0.1) is 5.92 Å². The summed E-state index contributed by atoms with van der Waals surface area (Å²) in [7, 11) is 7.96. The molecule has 82 heavy (non-hydrogen) atoms. The van der Waals surface area contributed by atoms with Crippen molar-refractivity contribution in [2.24, 2.45) is 20.0 Å². The van der Waals surface area contributed by atoms with Crippen molar-refractivity contribution in [2.75, 3.05) is 88.7 Å². The number of anilines is 5. The van der Waals surface area contributed by atoms with Gasteiger partial charge in [-0.05, 0) is 86.8 Å². The Balaban J connectivity index is 0.688. The summed E-state index contributed by atoms with van der Waals surface area (Å²) in [5, 5.41) is 22.0. The summed E-state index contributed by atoms with van der Waals surface area (Å²) in [5.41, 5.74) is 5.37. The average molecular weight is 1150 g/mol. The Hall–Kier alpha value is -8.02.